The Labute approximate surface area is 103 Å². The van der Waals surface area contributed by atoms with E-state index in [9.17, 15) is 15.2 Å². The lowest BCUT2D eigenvalue weighted by Crippen LogP contribution is -2.43. The smallest absolute Gasteiger partial charge is 0.336 e. The summed E-state index contributed by atoms with van der Waals surface area (Å²) in [6, 6.07) is 2.14. The second-order valence-electron chi connectivity index (χ2n) is 5.28. The molecule has 1 N–H and O–H groups in total. The van der Waals surface area contributed by atoms with Crippen LogP contribution in [0, 0.1) is 28.6 Å². The zero-order valence-corrected chi connectivity index (χ0v) is 10.8. The van der Waals surface area contributed by atoms with Crippen LogP contribution in [0.25, 0.3) is 0 Å². The fourth-order valence-electron chi connectivity index (χ4n) is 2.61. The highest BCUT2D eigenvalue weighted by Crippen LogP contribution is 2.43. The molecule has 96 valence electrons. The van der Waals surface area contributed by atoms with Gasteiger partial charge in [0, 0.05) is 0 Å². The summed E-state index contributed by atoms with van der Waals surface area (Å²) in [6.07, 6.45) is 1.61. The summed E-state index contributed by atoms with van der Waals surface area (Å²) in [4.78, 5) is 11.4. The molecule has 0 aromatic rings. The summed E-state index contributed by atoms with van der Waals surface area (Å²) in [5.41, 5.74) is -0.946. The second kappa shape index (κ2) is 5.50. The molecule has 1 aliphatic carbocycles. The quantitative estimate of drug-likeness (QED) is 0.763. The Bertz CT molecular complexity index is 311. The van der Waals surface area contributed by atoms with Crippen molar-refractivity contribution >= 4 is 5.97 Å². The van der Waals surface area contributed by atoms with Crippen LogP contribution in [-0.2, 0) is 9.53 Å². The van der Waals surface area contributed by atoms with Crippen molar-refractivity contribution < 1.29 is 14.6 Å². The van der Waals surface area contributed by atoms with E-state index in [0.717, 1.165) is 12.8 Å². The summed E-state index contributed by atoms with van der Waals surface area (Å²) in [7, 11) is 1.23. The highest BCUT2D eigenvalue weighted by atomic mass is 16.5. The SMILES string of the molecule is COC(=O)C(O)C1(C#N)CCC(C(C)C)CC1. The van der Waals surface area contributed by atoms with Crippen molar-refractivity contribution in [2.45, 2.75) is 45.6 Å². The van der Waals surface area contributed by atoms with Gasteiger partial charge in [-0.3, -0.25) is 0 Å². The van der Waals surface area contributed by atoms with Crippen LogP contribution in [0.15, 0.2) is 0 Å². The van der Waals surface area contributed by atoms with Crippen molar-refractivity contribution in [3.8, 4) is 6.07 Å². The molecule has 0 heterocycles. The van der Waals surface area contributed by atoms with Gasteiger partial charge in [-0.2, -0.15) is 5.26 Å². The van der Waals surface area contributed by atoms with E-state index < -0.39 is 17.5 Å². The first-order valence-corrected chi connectivity index (χ1v) is 6.14. The molecule has 0 radical (unpaired) electrons. The van der Waals surface area contributed by atoms with E-state index in [4.69, 9.17) is 0 Å². The molecule has 0 aliphatic heterocycles. The Morgan fingerprint density at radius 1 is 1.47 bits per heavy atom. The van der Waals surface area contributed by atoms with Gasteiger partial charge < -0.3 is 9.84 Å². The molecule has 0 spiro atoms. The number of carbonyl (C=O) groups excluding carboxylic acids is 1. The molecule has 0 amide bonds. The maximum Gasteiger partial charge on any atom is 0.336 e. The van der Waals surface area contributed by atoms with Crippen LogP contribution in [0.2, 0.25) is 0 Å². The van der Waals surface area contributed by atoms with Crippen LogP contribution in [0.1, 0.15) is 39.5 Å². The minimum absolute atomic E-state index is 0.572. The molecule has 4 heteroatoms. The summed E-state index contributed by atoms with van der Waals surface area (Å²) < 4.78 is 4.53. The third-order valence-electron chi connectivity index (χ3n) is 4.04. The lowest BCUT2D eigenvalue weighted by Gasteiger charge is -2.38. The maximum atomic E-state index is 11.4. The number of aliphatic hydroxyl groups excluding tert-OH is 1. The van der Waals surface area contributed by atoms with Gasteiger partial charge >= 0.3 is 5.97 Å². The topological polar surface area (TPSA) is 70.3 Å². The first-order valence-electron chi connectivity index (χ1n) is 6.14. The van der Waals surface area contributed by atoms with Gasteiger partial charge in [0.15, 0.2) is 6.10 Å². The maximum absolute atomic E-state index is 11.4. The highest BCUT2D eigenvalue weighted by molar-refractivity contribution is 5.76. The number of hydrogen-bond acceptors (Lipinski definition) is 4. The van der Waals surface area contributed by atoms with Crippen LogP contribution in [0.3, 0.4) is 0 Å². The number of nitriles is 1. The lowest BCUT2D eigenvalue weighted by atomic mass is 9.66. The number of ether oxygens (including phenoxy) is 1. The number of esters is 1. The predicted octanol–water partition coefficient (Wildman–Crippen LogP) is 1.88. The second-order valence-corrected chi connectivity index (χ2v) is 5.28. The van der Waals surface area contributed by atoms with E-state index in [1.54, 1.807) is 0 Å². The molecule has 4 nitrogen and oxygen atoms in total. The van der Waals surface area contributed by atoms with Crippen LogP contribution in [0.5, 0.6) is 0 Å². The van der Waals surface area contributed by atoms with Gasteiger partial charge in [-0.15, -0.1) is 0 Å². The van der Waals surface area contributed by atoms with Crippen LogP contribution >= 0.6 is 0 Å². The van der Waals surface area contributed by atoms with E-state index >= 15 is 0 Å². The molecule has 1 fully saturated rings. The number of aliphatic hydroxyl groups is 1. The summed E-state index contributed by atoms with van der Waals surface area (Å²) in [5.74, 6) is 0.470. The number of rotatable bonds is 3. The molecular formula is C13H21NO3. The summed E-state index contributed by atoms with van der Waals surface area (Å²) >= 11 is 0. The minimum Gasteiger partial charge on any atom is -0.467 e. The number of nitrogens with zero attached hydrogens (tertiary/aromatic N) is 1. The van der Waals surface area contributed by atoms with Crippen molar-refractivity contribution in [1.82, 2.24) is 0 Å². The lowest BCUT2D eigenvalue weighted by molar-refractivity contribution is -0.157. The molecule has 1 unspecified atom stereocenters. The monoisotopic (exact) mass is 239 g/mol. The van der Waals surface area contributed by atoms with E-state index in [-0.39, 0.29) is 0 Å². The molecule has 0 bridgehead atoms. The van der Waals surface area contributed by atoms with Crippen molar-refractivity contribution in [1.29, 1.82) is 5.26 Å². The third kappa shape index (κ3) is 2.78. The van der Waals surface area contributed by atoms with E-state index in [2.05, 4.69) is 24.7 Å². The van der Waals surface area contributed by atoms with E-state index in [1.165, 1.54) is 7.11 Å². The Hall–Kier alpha value is -1.08. The first-order chi connectivity index (χ1) is 7.96. The highest BCUT2D eigenvalue weighted by Gasteiger charge is 2.46. The average Bonchev–Trinajstić information content (AvgIpc) is 2.36. The summed E-state index contributed by atoms with van der Waals surface area (Å²) in [5, 5.41) is 19.2. The number of methoxy groups -OCH3 is 1. The molecule has 17 heavy (non-hydrogen) atoms. The van der Waals surface area contributed by atoms with Crippen molar-refractivity contribution in [3.05, 3.63) is 0 Å². The molecule has 0 saturated heterocycles. The summed E-state index contributed by atoms with van der Waals surface area (Å²) in [6.45, 7) is 4.33. The predicted molar refractivity (Wildman–Crippen MR) is 62.9 cm³/mol. The van der Waals surface area contributed by atoms with Gasteiger partial charge in [0.25, 0.3) is 0 Å². The zero-order valence-electron chi connectivity index (χ0n) is 10.8. The van der Waals surface area contributed by atoms with E-state index in [1.807, 2.05) is 0 Å². The molecule has 0 aromatic heterocycles. The first kappa shape index (κ1) is 14.0. The van der Waals surface area contributed by atoms with Crippen molar-refractivity contribution in [2.24, 2.45) is 17.3 Å². The molecule has 1 rings (SSSR count). The van der Waals surface area contributed by atoms with Crippen molar-refractivity contribution in [3.63, 3.8) is 0 Å². The minimum atomic E-state index is -1.31. The Balaban J connectivity index is 2.74. The average molecular weight is 239 g/mol. The fraction of sp³-hybridized carbons (Fsp3) is 0.846. The molecule has 1 aliphatic rings. The van der Waals surface area contributed by atoms with Gasteiger partial charge in [-0.05, 0) is 37.5 Å². The zero-order chi connectivity index (χ0) is 13.1. The van der Waals surface area contributed by atoms with Gasteiger partial charge in [0.1, 0.15) is 0 Å². The third-order valence-corrected chi connectivity index (χ3v) is 4.04. The molecule has 0 aromatic carbocycles. The normalized spacial score (nSPS) is 30.7. The number of hydrogen-bond donors (Lipinski definition) is 1. The van der Waals surface area contributed by atoms with Crippen LogP contribution in [0.4, 0.5) is 0 Å². The van der Waals surface area contributed by atoms with Crippen LogP contribution in [-0.4, -0.2) is 24.3 Å². The van der Waals surface area contributed by atoms with Crippen LogP contribution < -0.4 is 0 Å². The Morgan fingerprint density at radius 3 is 2.35 bits per heavy atom. The Morgan fingerprint density at radius 2 is 2.00 bits per heavy atom. The molecular weight excluding hydrogens is 218 g/mol. The van der Waals surface area contributed by atoms with Gasteiger partial charge in [0.05, 0.1) is 18.6 Å². The van der Waals surface area contributed by atoms with E-state index in [0.29, 0.717) is 24.7 Å². The van der Waals surface area contributed by atoms with Gasteiger partial charge in [-0.25, -0.2) is 4.79 Å². The molecule has 1 saturated carbocycles. The van der Waals surface area contributed by atoms with Crippen molar-refractivity contribution in [2.75, 3.05) is 7.11 Å². The standard InChI is InChI=1S/C13H21NO3/c1-9(2)10-4-6-13(8-14,7-5-10)11(15)12(16)17-3/h9-11,15H,4-7H2,1-3H3. The fourth-order valence-corrected chi connectivity index (χ4v) is 2.61. The number of carbonyl (C=O) groups is 1. The van der Waals surface area contributed by atoms with Gasteiger partial charge in [-0.1, -0.05) is 13.8 Å². The van der Waals surface area contributed by atoms with Gasteiger partial charge in [0.2, 0.25) is 0 Å². The molecule has 1 atom stereocenters. The largest absolute Gasteiger partial charge is 0.467 e. The Kier molecular flexibility index (Phi) is 4.53.